The maximum atomic E-state index is 11.6. The molecule has 4 heteroatoms. The van der Waals surface area contributed by atoms with E-state index in [0.29, 0.717) is 5.39 Å². The summed E-state index contributed by atoms with van der Waals surface area (Å²) in [5, 5.41) is 1.28. The average molecular weight is 247 g/mol. The number of nitrogens with one attached hydrogen (secondary N) is 1. The number of ether oxygens (including phenoxy) is 1. The van der Waals surface area contributed by atoms with Crippen LogP contribution in [0.15, 0.2) is 35.1 Å². The lowest BCUT2D eigenvalue weighted by Gasteiger charge is -2.01. The fourth-order valence-corrected chi connectivity index (χ4v) is 1.43. The highest BCUT2D eigenvalue weighted by atomic mass is 16.5. The molecule has 0 aliphatic rings. The van der Waals surface area contributed by atoms with E-state index >= 15 is 0 Å². The van der Waals surface area contributed by atoms with E-state index in [2.05, 4.69) is 23.6 Å². The van der Waals surface area contributed by atoms with Crippen LogP contribution < -0.4 is 5.56 Å². The van der Waals surface area contributed by atoms with E-state index in [4.69, 9.17) is 0 Å². The molecule has 1 heterocycles. The molecule has 0 aliphatic carbocycles. The minimum Gasteiger partial charge on any atom is -0.464 e. The summed E-state index contributed by atoms with van der Waals surface area (Å²) < 4.78 is 4.53. The number of hydrogen-bond acceptors (Lipinski definition) is 3. The van der Waals surface area contributed by atoms with Gasteiger partial charge in [0, 0.05) is 5.39 Å². The van der Waals surface area contributed by atoms with Crippen LogP contribution in [-0.2, 0) is 4.74 Å². The Morgan fingerprint density at radius 3 is 2.50 bits per heavy atom. The first-order chi connectivity index (χ1) is 8.63. The molecule has 18 heavy (non-hydrogen) atoms. The lowest BCUT2D eigenvalue weighted by atomic mass is 10.1. The molecule has 1 aromatic heterocycles. The van der Waals surface area contributed by atoms with Gasteiger partial charge in [-0.25, -0.2) is 4.79 Å². The highest BCUT2D eigenvalue weighted by Gasteiger charge is 2.08. The van der Waals surface area contributed by atoms with Gasteiger partial charge in [0.2, 0.25) is 0 Å². The number of aromatic amines is 1. The summed E-state index contributed by atoms with van der Waals surface area (Å²) in [6.45, 7) is 4.25. The number of methoxy groups -OCH3 is 1. The van der Waals surface area contributed by atoms with Crippen LogP contribution in [0.4, 0.5) is 0 Å². The second-order valence-corrected chi connectivity index (χ2v) is 3.80. The lowest BCUT2D eigenvalue weighted by Crippen LogP contribution is -2.14. The molecular formula is C14H17NO3. The van der Waals surface area contributed by atoms with Crippen molar-refractivity contribution in [3.63, 3.8) is 0 Å². The molecule has 0 atom stereocenters. The standard InChI is InChI=1S/C11H9NO3.C3H8/c1-15-11(14)9-6-7-4-2-3-5-8(7)10(13)12-9;1-3-2/h2-6H,1H3,(H,12,13);3H2,1-2H3. The van der Waals surface area contributed by atoms with Crippen LogP contribution in [0.3, 0.4) is 0 Å². The largest absolute Gasteiger partial charge is 0.464 e. The number of aromatic nitrogens is 1. The molecule has 0 amide bonds. The Morgan fingerprint density at radius 1 is 1.28 bits per heavy atom. The summed E-state index contributed by atoms with van der Waals surface area (Å²) in [6, 6.07) is 8.66. The van der Waals surface area contributed by atoms with Crippen LogP contribution >= 0.6 is 0 Å². The van der Waals surface area contributed by atoms with Crippen molar-refractivity contribution in [2.75, 3.05) is 7.11 Å². The number of fused-ring (bicyclic) bond motifs is 1. The summed E-state index contributed by atoms with van der Waals surface area (Å²) in [5.41, 5.74) is -0.116. The van der Waals surface area contributed by atoms with Crippen LogP contribution in [0.1, 0.15) is 30.8 Å². The van der Waals surface area contributed by atoms with Gasteiger partial charge in [0.05, 0.1) is 7.11 Å². The Bertz CT molecular complexity index is 587. The highest BCUT2D eigenvalue weighted by molar-refractivity contribution is 5.92. The molecule has 2 aromatic rings. The third-order valence-electron chi connectivity index (χ3n) is 2.16. The molecule has 0 radical (unpaired) electrons. The summed E-state index contributed by atoms with van der Waals surface area (Å²) in [5.74, 6) is -0.544. The molecule has 0 bridgehead atoms. The molecular weight excluding hydrogens is 230 g/mol. The minimum atomic E-state index is -0.544. The smallest absolute Gasteiger partial charge is 0.354 e. The van der Waals surface area contributed by atoms with Crippen LogP contribution in [0.25, 0.3) is 10.8 Å². The lowest BCUT2D eigenvalue weighted by molar-refractivity contribution is 0.0594. The maximum Gasteiger partial charge on any atom is 0.354 e. The van der Waals surface area contributed by atoms with Gasteiger partial charge < -0.3 is 9.72 Å². The van der Waals surface area contributed by atoms with Gasteiger partial charge in [0.1, 0.15) is 5.69 Å². The van der Waals surface area contributed by atoms with E-state index in [1.807, 2.05) is 6.07 Å². The molecule has 0 spiro atoms. The van der Waals surface area contributed by atoms with Crippen molar-refractivity contribution in [1.29, 1.82) is 0 Å². The minimum absolute atomic E-state index is 0.168. The fraction of sp³-hybridized carbons (Fsp3) is 0.286. The third kappa shape index (κ3) is 3.20. The second kappa shape index (κ2) is 6.59. The van der Waals surface area contributed by atoms with Gasteiger partial charge in [-0.1, -0.05) is 38.5 Å². The number of carbonyl (C=O) groups excluding carboxylic acids is 1. The first-order valence-electron chi connectivity index (χ1n) is 5.84. The Hall–Kier alpha value is -2.10. The quantitative estimate of drug-likeness (QED) is 0.788. The first kappa shape index (κ1) is 14.0. The van der Waals surface area contributed by atoms with Gasteiger partial charge in [-0.2, -0.15) is 0 Å². The topological polar surface area (TPSA) is 59.2 Å². The van der Waals surface area contributed by atoms with E-state index < -0.39 is 5.97 Å². The molecule has 0 aliphatic heterocycles. The monoisotopic (exact) mass is 247 g/mol. The number of carbonyl (C=O) groups is 1. The fourth-order valence-electron chi connectivity index (χ4n) is 1.43. The van der Waals surface area contributed by atoms with E-state index in [1.54, 1.807) is 24.3 Å². The molecule has 0 unspecified atom stereocenters. The van der Waals surface area contributed by atoms with Gasteiger partial charge in [-0.15, -0.1) is 0 Å². The zero-order chi connectivity index (χ0) is 13.5. The van der Waals surface area contributed by atoms with E-state index in [9.17, 15) is 9.59 Å². The number of pyridine rings is 1. The molecule has 0 saturated heterocycles. The summed E-state index contributed by atoms with van der Waals surface area (Å²) >= 11 is 0. The Kier molecular flexibility index (Phi) is 5.11. The van der Waals surface area contributed by atoms with Crippen molar-refractivity contribution in [3.8, 4) is 0 Å². The number of hydrogen-bond donors (Lipinski definition) is 1. The number of benzene rings is 1. The molecule has 2 rings (SSSR count). The summed E-state index contributed by atoms with van der Waals surface area (Å²) in [4.78, 5) is 25.2. The van der Waals surface area contributed by atoms with Crippen molar-refractivity contribution in [1.82, 2.24) is 4.98 Å². The van der Waals surface area contributed by atoms with Crippen LogP contribution in [0, 0.1) is 0 Å². The molecule has 0 fully saturated rings. The summed E-state index contributed by atoms with van der Waals surface area (Å²) in [7, 11) is 1.27. The van der Waals surface area contributed by atoms with E-state index in [1.165, 1.54) is 13.5 Å². The van der Waals surface area contributed by atoms with Gasteiger partial charge in [0.15, 0.2) is 0 Å². The zero-order valence-electron chi connectivity index (χ0n) is 10.8. The Morgan fingerprint density at radius 2 is 1.89 bits per heavy atom. The van der Waals surface area contributed by atoms with E-state index in [-0.39, 0.29) is 11.3 Å². The second-order valence-electron chi connectivity index (χ2n) is 3.80. The number of H-pyrrole nitrogens is 1. The number of rotatable bonds is 1. The molecule has 1 aromatic carbocycles. The van der Waals surface area contributed by atoms with Crippen molar-refractivity contribution >= 4 is 16.7 Å². The van der Waals surface area contributed by atoms with Crippen molar-refractivity contribution in [2.24, 2.45) is 0 Å². The van der Waals surface area contributed by atoms with Crippen molar-refractivity contribution in [3.05, 3.63) is 46.4 Å². The van der Waals surface area contributed by atoms with Gasteiger partial charge in [0.25, 0.3) is 5.56 Å². The molecule has 0 saturated carbocycles. The van der Waals surface area contributed by atoms with Gasteiger partial charge in [-0.05, 0) is 17.5 Å². The molecule has 1 N–H and O–H groups in total. The zero-order valence-corrected chi connectivity index (χ0v) is 10.8. The van der Waals surface area contributed by atoms with Crippen LogP contribution in [0.2, 0.25) is 0 Å². The predicted molar refractivity (Wildman–Crippen MR) is 71.9 cm³/mol. The van der Waals surface area contributed by atoms with Crippen molar-refractivity contribution < 1.29 is 9.53 Å². The van der Waals surface area contributed by atoms with E-state index in [0.717, 1.165) is 5.39 Å². The summed E-state index contributed by atoms with van der Waals surface area (Å²) in [6.07, 6.45) is 1.25. The van der Waals surface area contributed by atoms with Crippen LogP contribution in [0.5, 0.6) is 0 Å². The van der Waals surface area contributed by atoms with Gasteiger partial charge in [-0.3, -0.25) is 4.79 Å². The highest BCUT2D eigenvalue weighted by Crippen LogP contribution is 2.09. The first-order valence-corrected chi connectivity index (χ1v) is 5.84. The normalized spacial score (nSPS) is 9.50. The van der Waals surface area contributed by atoms with Crippen LogP contribution in [-0.4, -0.2) is 18.1 Å². The molecule has 4 nitrogen and oxygen atoms in total. The van der Waals surface area contributed by atoms with Crippen molar-refractivity contribution in [2.45, 2.75) is 20.3 Å². The average Bonchev–Trinajstić information content (AvgIpc) is 2.38. The Labute approximate surface area is 106 Å². The number of esters is 1. The van der Waals surface area contributed by atoms with Gasteiger partial charge >= 0.3 is 5.97 Å². The predicted octanol–water partition coefficient (Wildman–Crippen LogP) is 2.73. The maximum absolute atomic E-state index is 11.6. The molecule has 96 valence electrons. The SMILES string of the molecule is CCC.COC(=O)c1cc2ccccc2c(=O)[nH]1. The third-order valence-corrected chi connectivity index (χ3v) is 2.16. The Balaban J connectivity index is 0.000000492.